The van der Waals surface area contributed by atoms with Gasteiger partial charge in [0.1, 0.15) is 5.82 Å². The number of aryl methyl sites for hydroxylation is 2. The first-order valence-electron chi connectivity index (χ1n) is 5.76. The summed E-state index contributed by atoms with van der Waals surface area (Å²) in [5, 5.41) is -0.0418. The van der Waals surface area contributed by atoms with E-state index >= 15 is 0 Å². The van der Waals surface area contributed by atoms with Crippen molar-refractivity contribution in [2.75, 3.05) is 0 Å². The highest BCUT2D eigenvalue weighted by Crippen LogP contribution is 2.37. The van der Waals surface area contributed by atoms with Crippen molar-refractivity contribution in [2.24, 2.45) is 0 Å². The van der Waals surface area contributed by atoms with Crippen LogP contribution in [0.25, 0.3) is 0 Å². The Labute approximate surface area is 130 Å². The molecule has 2 rings (SSSR count). The van der Waals surface area contributed by atoms with E-state index in [1.807, 2.05) is 26.0 Å². The van der Waals surface area contributed by atoms with E-state index in [9.17, 15) is 4.39 Å². The lowest BCUT2D eigenvalue weighted by atomic mass is 9.98. The number of benzene rings is 2. The third-order valence-corrected chi connectivity index (χ3v) is 4.71. The van der Waals surface area contributed by atoms with Gasteiger partial charge in [-0.2, -0.15) is 0 Å². The van der Waals surface area contributed by atoms with Crippen molar-refractivity contribution in [2.45, 2.75) is 19.2 Å². The number of alkyl halides is 1. The van der Waals surface area contributed by atoms with E-state index in [1.54, 1.807) is 6.07 Å². The molecule has 2 aromatic carbocycles. The summed E-state index contributed by atoms with van der Waals surface area (Å²) in [6.45, 7) is 4.00. The van der Waals surface area contributed by atoms with Crippen LogP contribution in [0.2, 0.25) is 5.02 Å². The lowest BCUT2D eigenvalue weighted by Gasteiger charge is -2.16. The first kappa shape index (κ1) is 14.8. The number of hydrogen-bond donors (Lipinski definition) is 0. The minimum atomic E-state index is -0.389. The topological polar surface area (TPSA) is 0 Å². The minimum Gasteiger partial charge on any atom is -0.207 e. The number of halogens is 4. The molecule has 0 aliphatic rings. The van der Waals surface area contributed by atoms with Crippen LogP contribution in [0.5, 0.6) is 0 Å². The van der Waals surface area contributed by atoms with Gasteiger partial charge in [-0.1, -0.05) is 39.7 Å². The van der Waals surface area contributed by atoms with Gasteiger partial charge >= 0.3 is 0 Å². The molecule has 0 heterocycles. The molecule has 0 spiro atoms. The molecule has 1 unspecified atom stereocenters. The molecule has 0 saturated carbocycles. The molecular formula is C15H12BrCl2F. The molecule has 0 aliphatic heterocycles. The molecular weight excluding hydrogens is 350 g/mol. The van der Waals surface area contributed by atoms with E-state index in [0.29, 0.717) is 5.02 Å². The second-order valence-corrected chi connectivity index (χ2v) is 6.18. The Balaban J connectivity index is 2.49. The predicted molar refractivity (Wildman–Crippen MR) is 82.7 cm³/mol. The molecule has 1 atom stereocenters. The van der Waals surface area contributed by atoms with Crippen LogP contribution in [0.1, 0.15) is 27.6 Å². The van der Waals surface area contributed by atoms with Gasteiger partial charge in [0.05, 0.1) is 5.38 Å². The number of rotatable bonds is 2. The van der Waals surface area contributed by atoms with E-state index in [4.69, 9.17) is 23.2 Å². The molecule has 0 radical (unpaired) electrons. The maximum Gasteiger partial charge on any atom is 0.124 e. The molecule has 0 aromatic heterocycles. The van der Waals surface area contributed by atoms with E-state index < -0.39 is 0 Å². The summed E-state index contributed by atoms with van der Waals surface area (Å²) in [7, 11) is 0. The fourth-order valence-corrected chi connectivity index (χ4v) is 3.17. The summed E-state index contributed by atoms with van der Waals surface area (Å²) in [4.78, 5) is 0. The Kier molecular flexibility index (Phi) is 4.54. The summed E-state index contributed by atoms with van der Waals surface area (Å²) in [6, 6.07) is 8.34. The van der Waals surface area contributed by atoms with Crippen molar-refractivity contribution < 1.29 is 4.39 Å². The van der Waals surface area contributed by atoms with Gasteiger partial charge in [0.2, 0.25) is 0 Å². The molecule has 0 saturated heterocycles. The van der Waals surface area contributed by atoms with Gasteiger partial charge < -0.3 is 0 Å². The van der Waals surface area contributed by atoms with Gasteiger partial charge in [0.25, 0.3) is 0 Å². The first-order chi connectivity index (χ1) is 8.90. The maximum absolute atomic E-state index is 13.1. The average Bonchev–Trinajstić information content (AvgIpc) is 2.33. The SMILES string of the molecule is Cc1cc(C(Cl)c2ccc(F)cc2Cl)c(C)cc1Br. The normalized spacial score (nSPS) is 12.5. The Morgan fingerprint density at radius 3 is 2.37 bits per heavy atom. The van der Waals surface area contributed by atoms with Gasteiger partial charge in [-0.15, -0.1) is 11.6 Å². The molecule has 0 fully saturated rings. The molecule has 4 heteroatoms. The first-order valence-corrected chi connectivity index (χ1v) is 7.36. The van der Waals surface area contributed by atoms with E-state index in [2.05, 4.69) is 15.9 Å². The second-order valence-electron chi connectivity index (χ2n) is 4.49. The van der Waals surface area contributed by atoms with E-state index in [-0.39, 0.29) is 11.2 Å². The predicted octanol–water partition coefficient (Wildman–Crippen LogP) is 6.19. The van der Waals surface area contributed by atoms with Crippen LogP contribution in [0, 0.1) is 19.7 Å². The zero-order chi connectivity index (χ0) is 14.2. The molecule has 0 N–H and O–H groups in total. The van der Waals surface area contributed by atoms with Gasteiger partial charge in [0, 0.05) is 9.50 Å². The highest BCUT2D eigenvalue weighted by atomic mass is 79.9. The van der Waals surface area contributed by atoms with E-state index in [1.165, 1.54) is 12.1 Å². The third kappa shape index (κ3) is 3.13. The zero-order valence-corrected chi connectivity index (χ0v) is 13.6. The fourth-order valence-electron chi connectivity index (χ4n) is 1.95. The van der Waals surface area contributed by atoms with Crippen LogP contribution in [-0.2, 0) is 0 Å². The lowest BCUT2D eigenvalue weighted by Crippen LogP contribution is -1.99. The fraction of sp³-hybridized carbons (Fsp3) is 0.200. The standard InChI is InChI=1S/C15H12BrCl2F/c1-8-6-13(16)9(2)5-12(8)15(18)11-4-3-10(19)7-14(11)17/h3-7,15H,1-2H3. The van der Waals surface area contributed by atoms with Crippen molar-refractivity contribution in [1.82, 2.24) is 0 Å². The second kappa shape index (κ2) is 5.82. The third-order valence-electron chi connectivity index (χ3n) is 3.06. The summed E-state index contributed by atoms with van der Waals surface area (Å²) in [5.41, 5.74) is 3.87. The van der Waals surface area contributed by atoms with Gasteiger partial charge in [-0.05, 0) is 54.3 Å². The zero-order valence-electron chi connectivity index (χ0n) is 10.5. The Bertz CT molecular complexity index is 626. The van der Waals surface area contributed by atoms with Crippen molar-refractivity contribution in [3.63, 3.8) is 0 Å². The average molecular weight is 362 g/mol. The van der Waals surface area contributed by atoms with Crippen LogP contribution in [0.4, 0.5) is 4.39 Å². The smallest absolute Gasteiger partial charge is 0.124 e. The number of hydrogen-bond acceptors (Lipinski definition) is 0. The van der Waals surface area contributed by atoms with Crippen LogP contribution in [0.15, 0.2) is 34.8 Å². The van der Waals surface area contributed by atoms with E-state index in [0.717, 1.165) is 26.7 Å². The Hall–Kier alpha value is -0.570. The largest absolute Gasteiger partial charge is 0.207 e. The Morgan fingerprint density at radius 1 is 1.05 bits per heavy atom. The summed E-state index contributed by atoms with van der Waals surface area (Å²) < 4.78 is 14.1. The monoisotopic (exact) mass is 360 g/mol. The highest BCUT2D eigenvalue weighted by Gasteiger charge is 2.17. The molecule has 100 valence electrons. The van der Waals surface area contributed by atoms with Gasteiger partial charge in [-0.25, -0.2) is 4.39 Å². The van der Waals surface area contributed by atoms with Gasteiger partial charge in [0.15, 0.2) is 0 Å². The summed E-state index contributed by atoms with van der Waals surface area (Å²) >= 11 is 16.1. The van der Waals surface area contributed by atoms with Crippen LogP contribution in [-0.4, -0.2) is 0 Å². The molecule has 0 amide bonds. The van der Waals surface area contributed by atoms with Gasteiger partial charge in [-0.3, -0.25) is 0 Å². The maximum atomic E-state index is 13.1. The van der Waals surface area contributed by atoms with Crippen molar-refractivity contribution in [3.05, 3.63) is 67.9 Å². The Morgan fingerprint density at radius 2 is 1.74 bits per heavy atom. The van der Waals surface area contributed by atoms with Crippen molar-refractivity contribution in [3.8, 4) is 0 Å². The molecule has 19 heavy (non-hydrogen) atoms. The minimum absolute atomic E-state index is 0.347. The lowest BCUT2D eigenvalue weighted by molar-refractivity contribution is 0.627. The summed E-state index contributed by atoms with van der Waals surface area (Å²) in [6.07, 6.45) is 0. The van der Waals surface area contributed by atoms with Crippen molar-refractivity contribution in [1.29, 1.82) is 0 Å². The van der Waals surface area contributed by atoms with Crippen LogP contribution < -0.4 is 0 Å². The van der Waals surface area contributed by atoms with Crippen LogP contribution in [0.3, 0.4) is 0 Å². The van der Waals surface area contributed by atoms with Crippen molar-refractivity contribution >= 4 is 39.1 Å². The molecule has 0 aliphatic carbocycles. The summed E-state index contributed by atoms with van der Waals surface area (Å²) in [5.74, 6) is -0.360. The van der Waals surface area contributed by atoms with Crippen LogP contribution >= 0.6 is 39.1 Å². The molecule has 0 nitrogen and oxygen atoms in total. The highest BCUT2D eigenvalue weighted by molar-refractivity contribution is 9.10. The molecule has 2 aromatic rings. The molecule has 0 bridgehead atoms. The quantitative estimate of drug-likeness (QED) is 0.559.